The van der Waals surface area contributed by atoms with Gasteiger partial charge in [-0.3, -0.25) is 0 Å². The molecule has 0 saturated heterocycles. The maximum absolute atomic E-state index is 3.37. The second-order valence-corrected chi connectivity index (χ2v) is 9.20. The Labute approximate surface area is 238 Å². The van der Waals surface area contributed by atoms with E-state index in [1.165, 1.54) is 43.8 Å². The first-order valence-electron chi connectivity index (χ1n) is 11.0. The van der Waals surface area contributed by atoms with Crippen LogP contribution >= 0.6 is 0 Å². The molecule has 4 aromatic rings. The van der Waals surface area contributed by atoms with Gasteiger partial charge in [0, 0.05) is 9.52 Å². The van der Waals surface area contributed by atoms with E-state index in [0.29, 0.717) is 11.8 Å². The molecule has 0 amide bonds. The molecule has 0 nitrogen and oxygen atoms in total. The molecule has 0 aliphatic heterocycles. The fourth-order valence-corrected chi connectivity index (χ4v) is 4.25. The predicted molar refractivity (Wildman–Crippen MR) is 136 cm³/mol. The van der Waals surface area contributed by atoms with Crippen molar-refractivity contribution >= 4 is 31.1 Å². The third-order valence-electron chi connectivity index (χ3n) is 5.86. The van der Waals surface area contributed by atoms with E-state index in [1.54, 1.807) is 0 Å². The topological polar surface area (TPSA) is 0 Å². The maximum atomic E-state index is 3.37. The normalized spacial score (nSPS) is 16.0. The van der Waals surface area contributed by atoms with Crippen molar-refractivity contribution in [3.05, 3.63) is 119 Å². The Kier molecular flexibility index (Phi) is 12.8. The largest absolute Gasteiger partial charge is 4.00 e. The molecule has 2 unspecified atom stereocenters. The zero-order valence-corrected chi connectivity index (χ0v) is 25.0. The van der Waals surface area contributed by atoms with Gasteiger partial charge in [0.25, 0.3) is 0 Å². The first kappa shape index (κ1) is 30.6. The Bertz CT molecular complexity index is 1180. The molecule has 2 radical (unpaired) electrons. The average molecular weight is 579 g/mol. The first-order chi connectivity index (χ1) is 15.1. The molecule has 0 N–H and O–H groups in total. The minimum Gasteiger partial charge on any atom is -1.00 e. The van der Waals surface area contributed by atoms with Crippen LogP contribution in [0.4, 0.5) is 0 Å². The van der Waals surface area contributed by atoms with Gasteiger partial charge in [-0.15, -0.1) is 58.3 Å². The number of hydrogen-bond acceptors (Lipinski definition) is 0. The van der Waals surface area contributed by atoms with Crippen LogP contribution in [0.5, 0.6) is 0 Å². The third-order valence-corrected chi connectivity index (χ3v) is 5.86. The van der Waals surface area contributed by atoms with E-state index in [9.17, 15) is 0 Å². The maximum Gasteiger partial charge on any atom is 4.00 e. The van der Waals surface area contributed by atoms with Crippen LogP contribution < -0.4 is 24.8 Å². The number of hydrogen-bond donors (Lipinski definition) is 0. The minimum absolute atomic E-state index is 0. The van der Waals surface area contributed by atoms with Gasteiger partial charge in [0.15, 0.2) is 0 Å². The van der Waals surface area contributed by atoms with E-state index in [4.69, 9.17) is 0 Å². The molecule has 2 aliphatic carbocycles. The van der Waals surface area contributed by atoms with Crippen LogP contribution in [0.15, 0.2) is 84.9 Å². The van der Waals surface area contributed by atoms with Crippen LogP contribution in [0.25, 0.3) is 21.5 Å². The summed E-state index contributed by atoms with van der Waals surface area (Å²) < 4.78 is 0. The summed E-state index contributed by atoms with van der Waals surface area (Å²) in [6, 6.07) is 25.8. The molecule has 0 fully saturated rings. The van der Waals surface area contributed by atoms with Crippen molar-refractivity contribution in [2.24, 2.45) is 0 Å². The Morgan fingerprint density at radius 3 is 1.32 bits per heavy atom. The molecule has 170 valence electrons. The Balaban J connectivity index is 0.000000283. The van der Waals surface area contributed by atoms with Gasteiger partial charge in [0.1, 0.15) is 0 Å². The van der Waals surface area contributed by atoms with Crippen molar-refractivity contribution in [3.63, 3.8) is 0 Å². The van der Waals surface area contributed by atoms with Crippen molar-refractivity contribution in [2.75, 3.05) is 0 Å². The van der Waals surface area contributed by atoms with E-state index in [-0.39, 0.29) is 51.0 Å². The van der Waals surface area contributed by atoms with Crippen molar-refractivity contribution in [2.45, 2.75) is 38.8 Å². The fraction of sp³-hybridized carbons (Fsp3) is 0.200. The van der Waals surface area contributed by atoms with Crippen LogP contribution in [-0.2, 0) is 26.2 Å². The van der Waals surface area contributed by atoms with E-state index < -0.39 is 0 Å². The summed E-state index contributed by atoms with van der Waals surface area (Å²) in [5.74, 6) is 1.05. The zero-order chi connectivity index (χ0) is 21.8. The number of benzene rings is 4. The van der Waals surface area contributed by atoms with E-state index >= 15 is 0 Å². The smallest absolute Gasteiger partial charge is 1.00 e. The molecule has 4 heteroatoms. The molecule has 0 spiro atoms. The molecular weight excluding hydrogens is 551 g/mol. The van der Waals surface area contributed by atoms with Crippen LogP contribution in [0, 0.1) is 12.2 Å². The van der Waals surface area contributed by atoms with E-state index in [1.807, 2.05) is 0 Å². The van der Waals surface area contributed by atoms with Gasteiger partial charge in [0.05, 0.1) is 0 Å². The Morgan fingerprint density at radius 1 is 0.588 bits per heavy atom. The summed E-state index contributed by atoms with van der Waals surface area (Å²) in [7, 11) is 1.08. The Hall–Kier alpha value is -1.44. The standard InChI is InChI=1S/2C14H11.C2H6Si.2ClH.Zr/c2*1-10-6-8-14-12(10)9-7-11-4-2-3-5-13(11)14;1-3-2;;;/h2*2-7,9-10H,1H3;1-2H3;2*1H;/q2*-1;;;;+4/p-2. The summed E-state index contributed by atoms with van der Waals surface area (Å²) in [6.45, 7) is 8.74. The second kappa shape index (κ2) is 14.2. The summed E-state index contributed by atoms with van der Waals surface area (Å²) in [4.78, 5) is 0. The molecule has 6 rings (SSSR count). The fourth-order valence-electron chi connectivity index (χ4n) is 4.25. The van der Waals surface area contributed by atoms with Gasteiger partial charge >= 0.3 is 26.2 Å². The van der Waals surface area contributed by atoms with Crippen LogP contribution in [-0.4, -0.2) is 9.52 Å². The number of rotatable bonds is 0. The molecule has 0 saturated carbocycles. The van der Waals surface area contributed by atoms with Gasteiger partial charge < -0.3 is 24.8 Å². The first-order valence-corrected chi connectivity index (χ1v) is 13.0. The van der Waals surface area contributed by atoms with Crippen molar-refractivity contribution in [1.82, 2.24) is 0 Å². The molecule has 2 atom stereocenters. The monoisotopic (exact) mass is 576 g/mol. The van der Waals surface area contributed by atoms with Gasteiger partial charge in [-0.2, -0.15) is 23.3 Å². The molecule has 34 heavy (non-hydrogen) atoms. The van der Waals surface area contributed by atoms with E-state index in [2.05, 4.69) is 124 Å². The molecular formula is C30H28Cl2SiZr. The second-order valence-electron chi connectivity index (χ2n) is 8.20. The van der Waals surface area contributed by atoms with Crippen LogP contribution in [0.2, 0.25) is 13.1 Å². The summed E-state index contributed by atoms with van der Waals surface area (Å²) in [5, 5.41) is 5.26. The van der Waals surface area contributed by atoms with Crippen LogP contribution in [0.3, 0.4) is 0 Å². The Morgan fingerprint density at radius 2 is 0.941 bits per heavy atom. The van der Waals surface area contributed by atoms with Crippen molar-refractivity contribution < 1.29 is 51.0 Å². The van der Waals surface area contributed by atoms with Crippen molar-refractivity contribution in [1.29, 1.82) is 0 Å². The number of halogens is 2. The molecule has 2 aliphatic rings. The number of allylic oxidation sites excluding steroid dienone is 2. The summed E-state index contributed by atoms with van der Waals surface area (Å²) >= 11 is 0. The van der Waals surface area contributed by atoms with Gasteiger partial charge in [-0.25, -0.2) is 0 Å². The summed E-state index contributed by atoms with van der Waals surface area (Å²) in [6.07, 6.45) is 11.0. The quantitative estimate of drug-likeness (QED) is 0.222. The number of fused-ring (bicyclic) bond motifs is 6. The van der Waals surface area contributed by atoms with Crippen LogP contribution in [0.1, 0.15) is 47.9 Å². The molecule has 0 bridgehead atoms. The molecule has 0 aromatic heterocycles. The van der Waals surface area contributed by atoms with Gasteiger partial charge in [-0.1, -0.05) is 98.1 Å². The molecule has 4 aromatic carbocycles. The SMILES string of the molecule is CC1C=[C-]c2c1ccc1ccccc21.CC1C=[C-]c2c1ccc1ccccc21.C[Si]C.[Cl-].[Cl-].[Zr+4]. The van der Waals surface area contributed by atoms with Gasteiger partial charge in [-0.05, 0) is 0 Å². The average Bonchev–Trinajstić information content (AvgIpc) is 3.38. The van der Waals surface area contributed by atoms with Gasteiger partial charge in [0.2, 0.25) is 0 Å². The minimum atomic E-state index is 0. The molecule has 0 heterocycles. The predicted octanol–water partition coefficient (Wildman–Crippen LogP) is 2.12. The third kappa shape index (κ3) is 6.41. The van der Waals surface area contributed by atoms with Crippen molar-refractivity contribution in [3.8, 4) is 0 Å². The zero-order valence-electron chi connectivity index (χ0n) is 20.0. The van der Waals surface area contributed by atoms with E-state index in [0.717, 1.165) is 9.52 Å². The summed E-state index contributed by atoms with van der Waals surface area (Å²) in [5.41, 5.74) is 5.39.